The van der Waals surface area contributed by atoms with Crippen LogP contribution in [0.1, 0.15) is 12.5 Å². The molecule has 2 aromatic carbocycles. The van der Waals surface area contributed by atoms with Gasteiger partial charge in [-0.05, 0) is 36.8 Å². The predicted octanol–water partition coefficient (Wildman–Crippen LogP) is 4.85. The first-order chi connectivity index (χ1) is 9.61. The number of halogens is 2. The smallest absolute Gasteiger partial charge is 0.123 e. The molecule has 0 unspecified atom stereocenters. The molecule has 0 saturated heterocycles. The molecule has 0 atom stereocenters. The van der Waals surface area contributed by atoms with Crippen LogP contribution in [0.15, 0.2) is 54.2 Å². The largest absolute Gasteiger partial charge is 0.357 e. The molecule has 0 aromatic heterocycles. The number of hydrogen-bond donors (Lipinski definition) is 1. The Kier molecular flexibility index (Phi) is 4.39. The Labute approximate surface area is 122 Å². The van der Waals surface area contributed by atoms with Crippen LogP contribution in [-0.2, 0) is 0 Å². The van der Waals surface area contributed by atoms with Crippen molar-refractivity contribution < 1.29 is 4.39 Å². The molecular formula is C16H12ClFN2. The highest BCUT2D eigenvalue weighted by atomic mass is 35.5. The molecule has 2 aromatic rings. The number of rotatable bonds is 3. The fraction of sp³-hybridized carbons (Fsp3) is 0.0625. The minimum absolute atomic E-state index is 0.331. The van der Waals surface area contributed by atoms with E-state index in [-0.39, 0.29) is 5.82 Å². The summed E-state index contributed by atoms with van der Waals surface area (Å²) in [5.74, 6) is -0.331. The van der Waals surface area contributed by atoms with Gasteiger partial charge in [-0.2, -0.15) is 5.26 Å². The van der Waals surface area contributed by atoms with E-state index in [1.54, 1.807) is 25.1 Å². The van der Waals surface area contributed by atoms with E-state index >= 15 is 0 Å². The molecule has 0 spiro atoms. The minimum Gasteiger partial charge on any atom is -0.357 e. The number of anilines is 1. The molecule has 1 N–H and O–H groups in total. The zero-order valence-electron chi connectivity index (χ0n) is 10.8. The number of nitrogens with zero attached hydrogens (tertiary/aromatic N) is 1. The van der Waals surface area contributed by atoms with Gasteiger partial charge in [0.05, 0.1) is 16.3 Å². The lowest BCUT2D eigenvalue weighted by molar-refractivity contribution is 0.627. The molecule has 0 amide bonds. The standard InChI is InChI=1S/C16H12ClFN2/c1-11(20-16-5-3-2-4-15(16)17)14(10-19)12-6-8-13(18)9-7-12/h2-9,20H,1H3/b14-11-. The number of allylic oxidation sites excluding steroid dienone is 2. The number of hydrogen-bond acceptors (Lipinski definition) is 2. The van der Waals surface area contributed by atoms with Gasteiger partial charge in [-0.1, -0.05) is 35.9 Å². The topological polar surface area (TPSA) is 35.8 Å². The summed E-state index contributed by atoms with van der Waals surface area (Å²) < 4.78 is 12.9. The molecule has 0 aliphatic carbocycles. The van der Waals surface area contributed by atoms with Crippen molar-refractivity contribution in [2.24, 2.45) is 0 Å². The first kappa shape index (κ1) is 14.1. The van der Waals surface area contributed by atoms with Gasteiger partial charge in [0.1, 0.15) is 11.9 Å². The molecule has 0 aliphatic rings. The van der Waals surface area contributed by atoms with Crippen LogP contribution >= 0.6 is 11.6 Å². The monoisotopic (exact) mass is 286 g/mol. The van der Waals surface area contributed by atoms with E-state index in [1.807, 2.05) is 18.2 Å². The summed E-state index contributed by atoms with van der Waals surface area (Å²) in [5, 5.41) is 13.0. The summed E-state index contributed by atoms with van der Waals surface area (Å²) in [6.45, 7) is 1.78. The van der Waals surface area contributed by atoms with E-state index in [9.17, 15) is 9.65 Å². The maximum absolute atomic E-state index is 12.9. The van der Waals surface area contributed by atoms with Crippen LogP contribution in [0.5, 0.6) is 0 Å². The summed E-state index contributed by atoms with van der Waals surface area (Å²) >= 11 is 6.07. The Morgan fingerprint density at radius 1 is 1.15 bits per heavy atom. The molecule has 0 heterocycles. The van der Waals surface area contributed by atoms with Crippen molar-refractivity contribution in [2.75, 3.05) is 5.32 Å². The van der Waals surface area contributed by atoms with Crippen molar-refractivity contribution >= 4 is 22.9 Å². The fourth-order valence-corrected chi connectivity index (χ4v) is 1.99. The van der Waals surface area contributed by atoms with E-state index in [0.717, 1.165) is 5.69 Å². The van der Waals surface area contributed by atoms with Gasteiger partial charge in [0.15, 0.2) is 0 Å². The third kappa shape index (κ3) is 3.17. The number of para-hydroxylation sites is 1. The number of nitriles is 1. The SMILES string of the molecule is C/C(Nc1ccccc1Cl)=C(\C#N)c1ccc(F)cc1. The molecule has 0 radical (unpaired) electrons. The molecule has 100 valence electrons. The van der Waals surface area contributed by atoms with E-state index in [0.29, 0.717) is 21.9 Å². The van der Waals surface area contributed by atoms with Gasteiger partial charge in [-0.15, -0.1) is 0 Å². The van der Waals surface area contributed by atoms with Crippen LogP contribution in [0.4, 0.5) is 10.1 Å². The number of nitrogens with one attached hydrogen (secondary N) is 1. The second-order valence-electron chi connectivity index (χ2n) is 4.22. The summed E-state index contributed by atoms with van der Waals surface area (Å²) in [4.78, 5) is 0. The van der Waals surface area contributed by atoms with Crippen LogP contribution in [0.25, 0.3) is 5.57 Å². The van der Waals surface area contributed by atoms with E-state index < -0.39 is 0 Å². The van der Waals surface area contributed by atoms with Gasteiger partial charge in [0, 0.05) is 5.70 Å². The quantitative estimate of drug-likeness (QED) is 0.819. The normalized spacial score (nSPS) is 11.5. The van der Waals surface area contributed by atoms with Crippen LogP contribution in [0, 0.1) is 17.1 Å². The third-order valence-electron chi connectivity index (χ3n) is 2.82. The Morgan fingerprint density at radius 3 is 2.40 bits per heavy atom. The van der Waals surface area contributed by atoms with Crippen molar-refractivity contribution in [1.29, 1.82) is 5.26 Å². The van der Waals surface area contributed by atoms with Crippen LogP contribution in [-0.4, -0.2) is 0 Å². The zero-order valence-corrected chi connectivity index (χ0v) is 11.6. The highest BCUT2D eigenvalue weighted by molar-refractivity contribution is 6.33. The number of benzene rings is 2. The lowest BCUT2D eigenvalue weighted by Gasteiger charge is -2.11. The molecule has 4 heteroatoms. The van der Waals surface area contributed by atoms with Gasteiger partial charge >= 0.3 is 0 Å². The maximum atomic E-state index is 12.9. The summed E-state index contributed by atoms with van der Waals surface area (Å²) in [7, 11) is 0. The Morgan fingerprint density at radius 2 is 1.80 bits per heavy atom. The average Bonchev–Trinajstić information content (AvgIpc) is 2.44. The second kappa shape index (κ2) is 6.23. The second-order valence-corrected chi connectivity index (χ2v) is 4.63. The van der Waals surface area contributed by atoms with E-state index in [2.05, 4.69) is 11.4 Å². The van der Waals surface area contributed by atoms with Crippen molar-refractivity contribution in [3.63, 3.8) is 0 Å². The first-order valence-corrected chi connectivity index (χ1v) is 6.38. The van der Waals surface area contributed by atoms with Crippen molar-refractivity contribution in [3.05, 3.63) is 70.6 Å². The Balaban J connectivity index is 2.36. The summed E-state index contributed by atoms with van der Waals surface area (Å²) in [5.41, 5.74) is 2.49. The lowest BCUT2D eigenvalue weighted by Crippen LogP contribution is -2.00. The maximum Gasteiger partial charge on any atom is 0.123 e. The molecule has 2 nitrogen and oxygen atoms in total. The highest BCUT2D eigenvalue weighted by Gasteiger charge is 2.07. The van der Waals surface area contributed by atoms with Gasteiger partial charge in [-0.3, -0.25) is 0 Å². The van der Waals surface area contributed by atoms with Gasteiger partial charge in [0.25, 0.3) is 0 Å². The molecular weight excluding hydrogens is 275 g/mol. The molecule has 0 bridgehead atoms. The predicted molar refractivity (Wildman–Crippen MR) is 79.7 cm³/mol. The van der Waals surface area contributed by atoms with Crippen molar-refractivity contribution in [2.45, 2.75) is 6.92 Å². The molecule has 0 aliphatic heterocycles. The zero-order chi connectivity index (χ0) is 14.5. The van der Waals surface area contributed by atoms with E-state index in [1.165, 1.54) is 12.1 Å². The molecule has 2 rings (SSSR count). The van der Waals surface area contributed by atoms with Gasteiger partial charge in [0.2, 0.25) is 0 Å². The Bertz CT molecular complexity index is 684. The van der Waals surface area contributed by atoms with Crippen LogP contribution in [0.2, 0.25) is 5.02 Å². The molecule has 0 saturated carbocycles. The minimum atomic E-state index is -0.331. The highest BCUT2D eigenvalue weighted by Crippen LogP contribution is 2.25. The lowest BCUT2D eigenvalue weighted by atomic mass is 10.1. The van der Waals surface area contributed by atoms with E-state index in [4.69, 9.17) is 11.6 Å². The van der Waals surface area contributed by atoms with Crippen LogP contribution in [0.3, 0.4) is 0 Å². The van der Waals surface area contributed by atoms with Crippen molar-refractivity contribution in [3.8, 4) is 6.07 Å². The molecule has 20 heavy (non-hydrogen) atoms. The first-order valence-electron chi connectivity index (χ1n) is 6.00. The summed E-state index contributed by atoms with van der Waals surface area (Å²) in [6.07, 6.45) is 0. The van der Waals surface area contributed by atoms with Gasteiger partial charge < -0.3 is 5.32 Å². The van der Waals surface area contributed by atoms with Gasteiger partial charge in [-0.25, -0.2) is 4.39 Å². The average molecular weight is 287 g/mol. The fourth-order valence-electron chi connectivity index (χ4n) is 1.81. The Hall–Kier alpha value is -2.31. The third-order valence-corrected chi connectivity index (χ3v) is 3.15. The van der Waals surface area contributed by atoms with Crippen LogP contribution < -0.4 is 5.32 Å². The molecule has 0 fully saturated rings. The summed E-state index contributed by atoms with van der Waals surface area (Å²) in [6, 6.07) is 15.2. The van der Waals surface area contributed by atoms with Crippen molar-refractivity contribution in [1.82, 2.24) is 0 Å².